The number of nitrogens with zero attached hydrogens (tertiary/aromatic N) is 2. The molecule has 7 heteroatoms. The van der Waals surface area contributed by atoms with Gasteiger partial charge in [0.1, 0.15) is 6.10 Å². The van der Waals surface area contributed by atoms with Crippen molar-refractivity contribution in [3.63, 3.8) is 0 Å². The van der Waals surface area contributed by atoms with Crippen molar-refractivity contribution in [1.29, 1.82) is 0 Å². The van der Waals surface area contributed by atoms with Crippen molar-refractivity contribution < 1.29 is 23.9 Å². The second-order valence-corrected chi connectivity index (χ2v) is 9.64. The maximum Gasteiger partial charge on any atom is 0.410 e. The number of carbonyl (C=O) groups excluding carboxylic acids is 3. The molecule has 0 spiro atoms. The molecule has 0 aliphatic carbocycles. The minimum Gasteiger partial charge on any atom is -0.462 e. The number of amides is 2. The first-order valence-electron chi connectivity index (χ1n) is 11.4. The van der Waals surface area contributed by atoms with Gasteiger partial charge in [-0.15, -0.1) is 0 Å². The van der Waals surface area contributed by atoms with Crippen LogP contribution in [0.3, 0.4) is 0 Å². The molecule has 0 radical (unpaired) electrons. The van der Waals surface area contributed by atoms with Crippen molar-refractivity contribution in [2.24, 2.45) is 0 Å². The first kappa shape index (κ1) is 21.5. The molecule has 0 aromatic heterocycles. The van der Waals surface area contributed by atoms with Crippen molar-refractivity contribution >= 4 is 18.0 Å². The maximum atomic E-state index is 13.4. The van der Waals surface area contributed by atoms with E-state index in [1.54, 1.807) is 34.9 Å². The van der Waals surface area contributed by atoms with Gasteiger partial charge in [-0.05, 0) is 48.2 Å². The first-order valence-corrected chi connectivity index (χ1v) is 11.4. The molecule has 3 aliphatic heterocycles. The Bertz CT molecular complexity index is 1140. The highest BCUT2D eigenvalue weighted by Crippen LogP contribution is 2.36. The molecule has 5 rings (SSSR count). The molecule has 33 heavy (non-hydrogen) atoms. The van der Waals surface area contributed by atoms with Gasteiger partial charge in [0.25, 0.3) is 5.91 Å². The van der Waals surface area contributed by atoms with Crippen molar-refractivity contribution in [3.8, 4) is 0 Å². The number of hydrogen-bond donors (Lipinski definition) is 0. The summed E-state index contributed by atoms with van der Waals surface area (Å²) in [5, 5.41) is 0. The summed E-state index contributed by atoms with van der Waals surface area (Å²) in [6.45, 7) is 7.54. The maximum absolute atomic E-state index is 13.4. The molecule has 2 atom stereocenters. The quantitative estimate of drug-likeness (QED) is 0.669. The van der Waals surface area contributed by atoms with E-state index in [0.29, 0.717) is 37.4 Å². The Morgan fingerprint density at radius 3 is 2.67 bits per heavy atom. The van der Waals surface area contributed by atoms with E-state index in [2.05, 4.69) is 19.9 Å². The van der Waals surface area contributed by atoms with Gasteiger partial charge in [-0.25, -0.2) is 9.59 Å². The van der Waals surface area contributed by atoms with Gasteiger partial charge < -0.3 is 14.4 Å². The third-order valence-corrected chi connectivity index (χ3v) is 6.97. The van der Waals surface area contributed by atoms with Crippen LogP contribution in [0.5, 0.6) is 0 Å². The lowest BCUT2D eigenvalue weighted by molar-refractivity contribution is 0.0509. The average molecular weight is 449 g/mol. The molecule has 3 aliphatic rings. The normalized spacial score (nSPS) is 22.9. The molecule has 2 amide bonds. The Hall–Kier alpha value is -3.35. The van der Waals surface area contributed by atoms with E-state index in [1.807, 2.05) is 18.2 Å². The number of fused-ring (bicyclic) bond motifs is 3. The second kappa shape index (κ2) is 7.90. The van der Waals surface area contributed by atoms with E-state index in [4.69, 9.17) is 9.47 Å². The SMILES string of the molecule is CCOC(=O)c1ccc2c(c1)C(C)(C)CN(CC1OC(=O)N3Cc4ccccc4C[C@@H]13)C2=O. The molecule has 1 fully saturated rings. The predicted molar refractivity (Wildman–Crippen MR) is 121 cm³/mol. The smallest absolute Gasteiger partial charge is 0.410 e. The molecule has 0 saturated carbocycles. The minimum absolute atomic E-state index is 0.0871. The summed E-state index contributed by atoms with van der Waals surface area (Å²) in [6.07, 6.45) is 0.0194. The topological polar surface area (TPSA) is 76.2 Å². The lowest BCUT2D eigenvalue weighted by atomic mass is 9.77. The average Bonchev–Trinajstić information content (AvgIpc) is 3.09. The summed E-state index contributed by atoms with van der Waals surface area (Å²) in [5.74, 6) is -0.494. The standard InChI is InChI=1S/C26H28N2O5/c1-4-32-24(30)17-9-10-19-20(11-17)26(2,3)15-27(23(19)29)14-22-21-12-16-7-5-6-8-18(16)13-28(21)25(31)33-22/h5-11,21-22H,4,12-15H2,1-3H3/t21-,22?/m0/s1. The van der Waals surface area contributed by atoms with Gasteiger partial charge in [-0.2, -0.15) is 0 Å². The van der Waals surface area contributed by atoms with Gasteiger partial charge in [-0.1, -0.05) is 38.1 Å². The van der Waals surface area contributed by atoms with Crippen LogP contribution in [0.2, 0.25) is 0 Å². The third-order valence-electron chi connectivity index (χ3n) is 6.97. The highest BCUT2D eigenvalue weighted by molar-refractivity contribution is 5.99. The Labute approximate surface area is 193 Å². The fraction of sp³-hybridized carbons (Fsp3) is 0.423. The highest BCUT2D eigenvalue weighted by Gasteiger charge is 2.47. The van der Waals surface area contributed by atoms with Crippen LogP contribution in [0.25, 0.3) is 0 Å². The molecule has 0 bridgehead atoms. The van der Waals surface area contributed by atoms with Crippen LogP contribution in [0.1, 0.15) is 58.2 Å². The Kier molecular flexibility index (Phi) is 5.15. The molecular formula is C26H28N2O5. The minimum atomic E-state index is -0.387. The van der Waals surface area contributed by atoms with Gasteiger partial charge in [0.15, 0.2) is 0 Å². The Morgan fingerprint density at radius 1 is 1.15 bits per heavy atom. The van der Waals surface area contributed by atoms with Crippen LogP contribution in [0.4, 0.5) is 4.79 Å². The van der Waals surface area contributed by atoms with Gasteiger partial charge in [0, 0.05) is 24.1 Å². The fourth-order valence-electron chi connectivity index (χ4n) is 5.32. The van der Waals surface area contributed by atoms with Gasteiger partial charge in [0.2, 0.25) is 0 Å². The number of esters is 1. The summed E-state index contributed by atoms with van der Waals surface area (Å²) < 4.78 is 10.9. The van der Waals surface area contributed by atoms with E-state index < -0.39 is 0 Å². The van der Waals surface area contributed by atoms with Gasteiger partial charge in [-0.3, -0.25) is 9.69 Å². The number of benzene rings is 2. The molecule has 0 N–H and O–H groups in total. The molecule has 1 unspecified atom stereocenters. The predicted octanol–water partition coefficient (Wildman–Crippen LogP) is 3.54. The number of cyclic esters (lactones) is 1. The molecule has 7 nitrogen and oxygen atoms in total. The van der Waals surface area contributed by atoms with Crippen LogP contribution in [0.15, 0.2) is 42.5 Å². The van der Waals surface area contributed by atoms with Crippen LogP contribution in [-0.2, 0) is 27.9 Å². The number of carbonyl (C=O) groups is 3. The van der Waals surface area contributed by atoms with Crippen molar-refractivity contribution in [3.05, 3.63) is 70.3 Å². The van der Waals surface area contributed by atoms with E-state index in [9.17, 15) is 14.4 Å². The second-order valence-electron chi connectivity index (χ2n) is 9.64. The number of hydrogen-bond acceptors (Lipinski definition) is 5. The van der Waals surface area contributed by atoms with Crippen molar-refractivity contribution in [2.75, 3.05) is 19.7 Å². The zero-order chi connectivity index (χ0) is 23.3. The van der Waals surface area contributed by atoms with Gasteiger partial charge in [0.05, 0.1) is 24.8 Å². The summed E-state index contributed by atoms with van der Waals surface area (Å²) in [4.78, 5) is 41.8. The Balaban J connectivity index is 1.39. The molecular weight excluding hydrogens is 420 g/mol. The van der Waals surface area contributed by atoms with Gasteiger partial charge >= 0.3 is 12.1 Å². The lowest BCUT2D eigenvalue weighted by Gasteiger charge is -2.41. The third kappa shape index (κ3) is 3.65. The summed E-state index contributed by atoms with van der Waals surface area (Å²) in [6, 6.07) is 13.2. The number of rotatable bonds is 4. The Morgan fingerprint density at radius 2 is 1.91 bits per heavy atom. The molecule has 2 aromatic rings. The first-order chi connectivity index (χ1) is 15.8. The van der Waals surface area contributed by atoms with Crippen LogP contribution >= 0.6 is 0 Å². The summed E-state index contributed by atoms with van der Waals surface area (Å²) in [5.41, 5.74) is 3.87. The fourth-order valence-corrected chi connectivity index (χ4v) is 5.32. The lowest BCUT2D eigenvalue weighted by Crippen LogP contribution is -2.52. The molecule has 3 heterocycles. The molecule has 2 aromatic carbocycles. The van der Waals surface area contributed by atoms with E-state index in [0.717, 1.165) is 17.5 Å². The van der Waals surface area contributed by atoms with Crippen molar-refractivity contribution in [2.45, 2.75) is 51.3 Å². The van der Waals surface area contributed by atoms with Crippen molar-refractivity contribution in [1.82, 2.24) is 9.80 Å². The summed E-state index contributed by atoms with van der Waals surface area (Å²) in [7, 11) is 0. The monoisotopic (exact) mass is 448 g/mol. The van der Waals surface area contributed by atoms with E-state index in [1.165, 1.54) is 5.56 Å². The van der Waals surface area contributed by atoms with E-state index in [-0.39, 0.29) is 35.5 Å². The van der Waals surface area contributed by atoms with Crippen LogP contribution in [-0.4, -0.2) is 59.6 Å². The van der Waals surface area contributed by atoms with E-state index >= 15 is 0 Å². The highest BCUT2D eigenvalue weighted by atomic mass is 16.6. The summed E-state index contributed by atoms with van der Waals surface area (Å²) >= 11 is 0. The number of ether oxygens (including phenoxy) is 2. The zero-order valence-electron chi connectivity index (χ0n) is 19.2. The largest absolute Gasteiger partial charge is 0.462 e. The van der Waals surface area contributed by atoms with Crippen LogP contribution < -0.4 is 0 Å². The van der Waals surface area contributed by atoms with Crippen LogP contribution in [0, 0.1) is 0 Å². The molecule has 1 saturated heterocycles. The molecule has 172 valence electrons. The zero-order valence-corrected chi connectivity index (χ0v) is 19.2.